The maximum atomic E-state index is 11.6. The number of carbonyl (C=O) groups excluding carboxylic acids is 1. The molecule has 0 aliphatic heterocycles. The van der Waals surface area contributed by atoms with E-state index in [0.29, 0.717) is 13.0 Å². The lowest BCUT2D eigenvalue weighted by atomic mass is 9.83. The third-order valence-electron chi connectivity index (χ3n) is 2.33. The van der Waals surface area contributed by atoms with E-state index in [1.165, 1.54) is 0 Å². The van der Waals surface area contributed by atoms with Crippen molar-refractivity contribution in [3.63, 3.8) is 0 Å². The van der Waals surface area contributed by atoms with Crippen LogP contribution in [0.4, 0.5) is 0 Å². The first-order valence-electron chi connectivity index (χ1n) is 4.60. The molecule has 0 fully saturated rings. The summed E-state index contributed by atoms with van der Waals surface area (Å²) in [6, 6.07) is 0. The van der Waals surface area contributed by atoms with Crippen molar-refractivity contribution in [2.24, 2.45) is 5.41 Å². The zero-order valence-corrected chi connectivity index (χ0v) is 8.60. The van der Waals surface area contributed by atoms with Crippen LogP contribution in [0.25, 0.3) is 0 Å². The molecule has 0 saturated carbocycles. The molecule has 1 atom stereocenters. The van der Waals surface area contributed by atoms with Crippen molar-refractivity contribution in [3.8, 4) is 0 Å². The molecule has 74 valence electrons. The van der Waals surface area contributed by atoms with Crippen LogP contribution >= 0.6 is 0 Å². The topological polar surface area (TPSA) is 29.1 Å². The molecule has 0 rings (SSSR count). The Hall–Kier alpha value is -1.05. The Bertz CT molecular complexity index is 198. The predicted octanol–water partition coefficient (Wildman–Crippen LogP) is 2.28. The summed E-state index contributed by atoms with van der Waals surface area (Å²) < 4.78 is 0. The van der Waals surface area contributed by atoms with Crippen LogP contribution in [-0.4, -0.2) is 12.5 Å². The van der Waals surface area contributed by atoms with Gasteiger partial charge in [0.2, 0.25) is 5.91 Å². The monoisotopic (exact) mass is 181 g/mol. The minimum absolute atomic E-state index is 0.0785. The number of carbonyl (C=O) groups is 1. The van der Waals surface area contributed by atoms with Crippen molar-refractivity contribution in [1.29, 1.82) is 0 Å². The fourth-order valence-corrected chi connectivity index (χ4v) is 1.09. The lowest BCUT2D eigenvalue weighted by molar-refractivity contribution is -0.130. The first-order valence-corrected chi connectivity index (χ1v) is 4.60. The number of hydrogen-bond acceptors (Lipinski definition) is 1. The second-order valence-electron chi connectivity index (χ2n) is 3.41. The molecule has 1 N–H and O–H groups in total. The van der Waals surface area contributed by atoms with Gasteiger partial charge >= 0.3 is 0 Å². The summed E-state index contributed by atoms with van der Waals surface area (Å²) in [5.74, 6) is 0.0785. The zero-order chi connectivity index (χ0) is 10.3. The standard InChI is InChI=1S/C11H19NO/c1-5-8-11(4,7-3)10(13)12-9-6-2/h5-6H,1-2,7-9H2,3-4H3,(H,12,13). The van der Waals surface area contributed by atoms with Crippen LogP contribution in [0.3, 0.4) is 0 Å². The lowest BCUT2D eigenvalue weighted by Gasteiger charge is -2.25. The maximum absolute atomic E-state index is 11.6. The van der Waals surface area contributed by atoms with Gasteiger partial charge in [0.05, 0.1) is 0 Å². The highest BCUT2D eigenvalue weighted by molar-refractivity contribution is 5.82. The summed E-state index contributed by atoms with van der Waals surface area (Å²) in [5.41, 5.74) is -0.315. The van der Waals surface area contributed by atoms with Gasteiger partial charge < -0.3 is 5.32 Å². The van der Waals surface area contributed by atoms with E-state index in [4.69, 9.17) is 0 Å². The molecule has 0 spiro atoms. The van der Waals surface area contributed by atoms with E-state index in [0.717, 1.165) is 6.42 Å². The van der Waals surface area contributed by atoms with Crippen molar-refractivity contribution >= 4 is 5.91 Å². The molecule has 0 aromatic rings. The number of hydrogen-bond donors (Lipinski definition) is 1. The number of allylic oxidation sites excluding steroid dienone is 1. The van der Waals surface area contributed by atoms with E-state index in [1.54, 1.807) is 12.2 Å². The zero-order valence-electron chi connectivity index (χ0n) is 8.60. The molecule has 0 bridgehead atoms. The van der Waals surface area contributed by atoms with E-state index in [-0.39, 0.29) is 11.3 Å². The Morgan fingerprint density at radius 2 is 2.08 bits per heavy atom. The fraction of sp³-hybridized carbons (Fsp3) is 0.545. The Morgan fingerprint density at radius 3 is 2.46 bits per heavy atom. The molecular weight excluding hydrogens is 162 g/mol. The van der Waals surface area contributed by atoms with Gasteiger partial charge in [-0.1, -0.05) is 26.0 Å². The summed E-state index contributed by atoms with van der Waals surface area (Å²) in [6.07, 6.45) is 5.01. The van der Waals surface area contributed by atoms with Gasteiger partial charge in [-0.05, 0) is 12.8 Å². The summed E-state index contributed by atoms with van der Waals surface area (Å²) in [4.78, 5) is 11.6. The first-order chi connectivity index (χ1) is 6.10. The van der Waals surface area contributed by atoms with Crippen LogP contribution < -0.4 is 5.32 Å². The number of amides is 1. The molecule has 0 heterocycles. The Balaban J connectivity index is 4.27. The van der Waals surface area contributed by atoms with Gasteiger partial charge in [-0.25, -0.2) is 0 Å². The number of nitrogens with one attached hydrogen (secondary N) is 1. The minimum Gasteiger partial charge on any atom is -0.352 e. The van der Waals surface area contributed by atoms with Gasteiger partial charge in [-0.15, -0.1) is 13.2 Å². The average molecular weight is 181 g/mol. The van der Waals surface area contributed by atoms with Crippen LogP contribution in [0.5, 0.6) is 0 Å². The molecule has 2 nitrogen and oxygen atoms in total. The quantitative estimate of drug-likeness (QED) is 0.626. The summed E-state index contributed by atoms with van der Waals surface area (Å²) in [7, 11) is 0. The predicted molar refractivity (Wildman–Crippen MR) is 56.4 cm³/mol. The second-order valence-corrected chi connectivity index (χ2v) is 3.41. The largest absolute Gasteiger partial charge is 0.352 e. The molecule has 0 aromatic heterocycles. The van der Waals surface area contributed by atoms with E-state index < -0.39 is 0 Å². The van der Waals surface area contributed by atoms with Crippen LogP contribution in [0, 0.1) is 5.41 Å². The van der Waals surface area contributed by atoms with Gasteiger partial charge in [-0.2, -0.15) is 0 Å². The van der Waals surface area contributed by atoms with Crippen LogP contribution in [-0.2, 0) is 4.79 Å². The smallest absolute Gasteiger partial charge is 0.226 e. The van der Waals surface area contributed by atoms with Gasteiger partial charge in [0.15, 0.2) is 0 Å². The summed E-state index contributed by atoms with van der Waals surface area (Å²) in [5, 5.41) is 2.80. The molecule has 1 amide bonds. The van der Waals surface area contributed by atoms with Crippen LogP contribution in [0.1, 0.15) is 26.7 Å². The molecule has 0 saturated heterocycles. The molecule has 1 unspecified atom stereocenters. The van der Waals surface area contributed by atoms with Crippen molar-refractivity contribution in [1.82, 2.24) is 5.32 Å². The molecule has 0 aliphatic carbocycles. The molecule has 0 aliphatic rings. The van der Waals surface area contributed by atoms with Gasteiger partial charge in [0, 0.05) is 12.0 Å². The summed E-state index contributed by atoms with van der Waals surface area (Å²) >= 11 is 0. The fourth-order valence-electron chi connectivity index (χ4n) is 1.09. The molecule has 0 radical (unpaired) electrons. The number of rotatable bonds is 6. The van der Waals surface area contributed by atoms with Gasteiger partial charge in [-0.3, -0.25) is 4.79 Å². The minimum atomic E-state index is -0.315. The Labute approximate surface area is 80.7 Å². The van der Waals surface area contributed by atoms with Crippen molar-refractivity contribution in [3.05, 3.63) is 25.3 Å². The van der Waals surface area contributed by atoms with Crippen molar-refractivity contribution in [2.45, 2.75) is 26.7 Å². The van der Waals surface area contributed by atoms with E-state index in [1.807, 2.05) is 13.8 Å². The second kappa shape index (κ2) is 5.57. The Morgan fingerprint density at radius 1 is 1.46 bits per heavy atom. The van der Waals surface area contributed by atoms with Gasteiger partial charge in [0.1, 0.15) is 0 Å². The molecule has 2 heteroatoms. The molecular formula is C11H19NO. The first kappa shape index (κ1) is 11.9. The van der Waals surface area contributed by atoms with E-state index in [9.17, 15) is 4.79 Å². The highest BCUT2D eigenvalue weighted by Crippen LogP contribution is 2.25. The van der Waals surface area contributed by atoms with Gasteiger partial charge in [0.25, 0.3) is 0 Å². The molecule has 0 aromatic carbocycles. The lowest BCUT2D eigenvalue weighted by Crippen LogP contribution is -2.38. The Kier molecular flexibility index (Phi) is 5.12. The third-order valence-corrected chi connectivity index (χ3v) is 2.33. The summed E-state index contributed by atoms with van der Waals surface area (Å²) in [6.45, 7) is 11.7. The average Bonchev–Trinajstić information content (AvgIpc) is 2.14. The SMILES string of the molecule is C=CCNC(=O)C(C)(CC)CC=C. The molecule has 13 heavy (non-hydrogen) atoms. The van der Waals surface area contributed by atoms with Crippen LogP contribution in [0.2, 0.25) is 0 Å². The van der Waals surface area contributed by atoms with Crippen molar-refractivity contribution in [2.75, 3.05) is 6.54 Å². The van der Waals surface area contributed by atoms with E-state index in [2.05, 4.69) is 18.5 Å². The third kappa shape index (κ3) is 3.45. The van der Waals surface area contributed by atoms with E-state index >= 15 is 0 Å². The highest BCUT2D eigenvalue weighted by atomic mass is 16.2. The van der Waals surface area contributed by atoms with Crippen LogP contribution in [0.15, 0.2) is 25.3 Å². The van der Waals surface area contributed by atoms with Crippen molar-refractivity contribution < 1.29 is 4.79 Å². The normalized spacial score (nSPS) is 14.3. The maximum Gasteiger partial charge on any atom is 0.226 e. The highest BCUT2D eigenvalue weighted by Gasteiger charge is 2.28.